The second-order valence-corrected chi connectivity index (χ2v) is 5.91. The number of rotatable bonds is 0. The molecule has 3 heteroatoms. The van der Waals surface area contributed by atoms with Crippen LogP contribution in [-0.4, -0.2) is 54.4 Å². The average Bonchev–Trinajstić information content (AvgIpc) is 2.47. The number of hydrogen-bond acceptors (Lipinski definition) is 3. The molecule has 2 rings (SSSR count). The van der Waals surface area contributed by atoms with Crippen LogP contribution in [0.2, 0.25) is 0 Å². The van der Waals surface area contributed by atoms with Crippen molar-refractivity contribution in [3.8, 4) is 0 Å². The SMILES string of the molecule is CN1CCOC12CCCN(C(C)(C)C)C2. The number of likely N-dealkylation sites (N-methyl/N-ethyl adjacent to an activating group) is 1. The molecule has 1 atom stereocenters. The first-order chi connectivity index (χ1) is 6.94. The Balaban J connectivity index is 2.10. The second kappa shape index (κ2) is 3.72. The molecule has 2 heterocycles. The maximum absolute atomic E-state index is 6.00. The van der Waals surface area contributed by atoms with Gasteiger partial charge in [0, 0.05) is 18.6 Å². The molecule has 0 bridgehead atoms. The van der Waals surface area contributed by atoms with Crippen LogP contribution in [0.25, 0.3) is 0 Å². The highest BCUT2D eigenvalue weighted by atomic mass is 16.5. The Morgan fingerprint density at radius 1 is 1.20 bits per heavy atom. The first kappa shape index (κ1) is 11.4. The molecule has 3 nitrogen and oxygen atoms in total. The predicted octanol–water partition coefficient (Wildman–Crippen LogP) is 1.54. The Hall–Kier alpha value is -0.120. The van der Waals surface area contributed by atoms with E-state index in [4.69, 9.17) is 4.74 Å². The lowest BCUT2D eigenvalue weighted by atomic mass is 9.95. The van der Waals surface area contributed by atoms with Crippen molar-refractivity contribution in [2.75, 3.05) is 33.3 Å². The highest BCUT2D eigenvalue weighted by Crippen LogP contribution is 2.34. The van der Waals surface area contributed by atoms with Crippen LogP contribution in [0.15, 0.2) is 0 Å². The quantitative estimate of drug-likeness (QED) is 0.606. The van der Waals surface area contributed by atoms with Crippen LogP contribution in [0.4, 0.5) is 0 Å². The third-order valence-corrected chi connectivity index (χ3v) is 3.88. The molecule has 2 fully saturated rings. The molecular weight excluding hydrogens is 188 g/mol. The van der Waals surface area contributed by atoms with Gasteiger partial charge in [0.25, 0.3) is 0 Å². The Labute approximate surface area is 93.4 Å². The zero-order valence-corrected chi connectivity index (χ0v) is 10.5. The molecule has 0 aromatic rings. The van der Waals surface area contributed by atoms with Gasteiger partial charge in [-0.15, -0.1) is 0 Å². The van der Waals surface area contributed by atoms with E-state index in [0.29, 0.717) is 0 Å². The summed E-state index contributed by atoms with van der Waals surface area (Å²) in [6.07, 6.45) is 2.44. The molecule has 0 aromatic heterocycles. The van der Waals surface area contributed by atoms with Crippen LogP contribution in [0, 0.1) is 0 Å². The van der Waals surface area contributed by atoms with Crippen molar-refractivity contribution in [1.82, 2.24) is 9.80 Å². The van der Waals surface area contributed by atoms with Crippen LogP contribution in [0.5, 0.6) is 0 Å². The summed E-state index contributed by atoms with van der Waals surface area (Å²) in [6.45, 7) is 11.1. The number of piperidine rings is 1. The molecule has 0 aromatic carbocycles. The highest BCUT2D eigenvalue weighted by molar-refractivity contribution is 4.94. The van der Waals surface area contributed by atoms with E-state index in [0.717, 1.165) is 19.7 Å². The summed E-state index contributed by atoms with van der Waals surface area (Å²) >= 11 is 0. The summed E-state index contributed by atoms with van der Waals surface area (Å²) in [5, 5.41) is 0. The molecule has 0 amide bonds. The van der Waals surface area contributed by atoms with Crippen molar-refractivity contribution in [3.63, 3.8) is 0 Å². The van der Waals surface area contributed by atoms with E-state index in [2.05, 4.69) is 37.6 Å². The first-order valence-corrected chi connectivity index (χ1v) is 6.04. The number of nitrogens with zero attached hydrogens (tertiary/aromatic N) is 2. The molecule has 2 saturated heterocycles. The number of ether oxygens (including phenoxy) is 1. The molecule has 0 aliphatic carbocycles. The third-order valence-electron chi connectivity index (χ3n) is 3.88. The molecule has 2 aliphatic heterocycles. The molecule has 0 N–H and O–H groups in total. The summed E-state index contributed by atoms with van der Waals surface area (Å²) in [6, 6.07) is 0. The standard InChI is InChI=1S/C12H24N2O/c1-11(2,3)14-7-5-6-12(10-14)13(4)8-9-15-12/h5-10H2,1-4H3. The van der Waals surface area contributed by atoms with E-state index in [1.165, 1.54) is 19.4 Å². The largest absolute Gasteiger partial charge is 0.358 e. The Bertz CT molecular complexity index is 236. The highest BCUT2D eigenvalue weighted by Gasteiger charge is 2.45. The fourth-order valence-electron chi connectivity index (χ4n) is 2.69. The lowest BCUT2D eigenvalue weighted by molar-refractivity contribution is -0.131. The second-order valence-electron chi connectivity index (χ2n) is 5.91. The maximum atomic E-state index is 6.00. The van der Waals surface area contributed by atoms with Gasteiger partial charge in [0.2, 0.25) is 0 Å². The van der Waals surface area contributed by atoms with Gasteiger partial charge in [0.1, 0.15) is 5.72 Å². The predicted molar refractivity (Wildman–Crippen MR) is 61.9 cm³/mol. The summed E-state index contributed by atoms with van der Waals surface area (Å²) in [7, 11) is 2.19. The van der Waals surface area contributed by atoms with Crippen LogP contribution in [0.3, 0.4) is 0 Å². The van der Waals surface area contributed by atoms with E-state index in [9.17, 15) is 0 Å². The molecule has 2 aliphatic rings. The lowest BCUT2D eigenvalue weighted by Crippen LogP contribution is -2.59. The van der Waals surface area contributed by atoms with E-state index < -0.39 is 0 Å². The summed E-state index contributed by atoms with van der Waals surface area (Å²) in [4.78, 5) is 4.95. The normalized spacial score (nSPS) is 35.2. The van der Waals surface area contributed by atoms with E-state index in [1.807, 2.05) is 0 Å². The van der Waals surface area contributed by atoms with Gasteiger partial charge >= 0.3 is 0 Å². The Morgan fingerprint density at radius 2 is 1.93 bits per heavy atom. The molecule has 0 radical (unpaired) electrons. The summed E-state index contributed by atoms with van der Waals surface area (Å²) in [5.41, 5.74) is 0.283. The zero-order chi connectivity index (χ0) is 11.1. The summed E-state index contributed by atoms with van der Waals surface area (Å²) < 4.78 is 6.00. The van der Waals surface area contributed by atoms with Crippen molar-refractivity contribution in [3.05, 3.63) is 0 Å². The van der Waals surface area contributed by atoms with E-state index in [1.54, 1.807) is 0 Å². The van der Waals surface area contributed by atoms with Gasteiger partial charge in [-0.05, 0) is 47.2 Å². The summed E-state index contributed by atoms with van der Waals surface area (Å²) in [5.74, 6) is 0. The van der Waals surface area contributed by atoms with Crippen molar-refractivity contribution in [2.24, 2.45) is 0 Å². The van der Waals surface area contributed by atoms with Gasteiger partial charge in [-0.3, -0.25) is 9.80 Å². The lowest BCUT2D eigenvalue weighted by Gasteiger charge is -2.48. The molecule has 1 spiro atoms. The van der Waals surface area contributed by atoms with E-state index >= 15 is 0 Å². The molecule has 1 unspecified atom stereocenters. The number of likely N-dealkylation sites (tertiary alicyclic amines) is 1. The smallest absolute Gasteiger partial charge is 0.134 e. The maximum Gasteiger partial charge on any atom is 0.134 e. The fraction of sp³-hybridized carbons (Fsp3) is 1.00. The van der Waals surface area contributed by atoms with Crippen molar-refractivity contribution in [2.45, 2.75) is 44.9 Å². The van der Waals surface area contributed by atoms with Crippen molar-refractivity contribution < 1.29 is 4.74 Å². The molecule has 15 heavy (non-hydrogen) atoms. The van der Waals surface area contributed by atoms with Gasteiger partial charge in [0.15, 0.2) is 0 Å². The van der Waals surface area contributed by atoms with Gasteiger partial charge in [0.05, 0.1) is 6.61 Å². The third kappa shape index (κ3) is 2.05. The van der Waals surface area contributed by atoms with Crippen molar-refractivity contribution in [1.29, 1.82) is 0 Å². The van der Waals surface area contributed by atoms with Crippen LogP contribution in [0.1, 0.15) is 33.6 Å². The van der Waals surface area contributed by atoms with Crippen LogP contribution in [-0.2, 0) is 4.74 Å². The van der Waals surface area contributed by atoms with Crippen molar-refractivity contribution >= 4 is 0 Å². The topological polar surface area (TPSA) is 15.7 Å². The molecule has 88 valence electrons. The first-order valence-electron chi connectivity index (χ1n) is 6.04. The zero-order valence-electron chi connectivity index (χ0n) is 10.5. The fourth-order valence-corrected chi connectivity index (χ4v) is 2.69. The average molecular weight is 212 g/mol. The minimum Gasteiger partial charge on any atom is -0.358 e. The minimum absolute atomic E-state index is 0.0194. The minimum atomic E-state index is 0.0194. The van der Waals surface area contributed by atoms with Gasteiger partial charge in [-0.25, -0.2) is 0 Å². The van der Waals surface area contributed by atoms with Crippen LogP contribution < -0.4 is 0 Å². The Morgan fingerprint density at radius 3 is 2.47 bits per heavy atom. The van der Waals surface area contributed by atoms with Gasteiger partial charge in [-0.1, -0.05) is 0 Å². The van der Waals surface area contributed by atoms with Gasteiger partial charge < -0.3 is 4.74 Å². The monoisotopic (exact) mass is 212 g/mol. The molecule has 0 saturated carbocycles. The van der Waals surface area contributed by atoms with Crippen LogP contribution >= 0.6 is 0 Å². The Kier molecular flexibility index (Phi) is 2.82. The molecular formula is C12H24N2O. The van der Waals surface area contributed by atoms with Gasteiger partial charge in [-0.2, -0.15) is 0 Å². The number of hydrogen-bond donors (Lipinski definition) is 0. The van der Waals surface area contributed by atoms with E-state index in [-0.39, 0.29) is 11.3 Å².